The molecule has 132 valence electrons. The van der Waals surface area contributed by atoms with Gasteiger partial charge in [0, 0.05) is 30.2 Å². The lowest BCUT2D eigenvalue weighted by Crippen LogP contribution is -2.32. The molecule has 2 aromatic rings. The van der Waals surface area contributed by atoms with E-state index in [2.05, 4.69) is 20.9 Å². The first-order valence-corrected chi connectivity index (χ1v) is 8.41. The van der Waals surface area contributed by atoms with Crippen molar-refractivity contribution in [2.24, 2.45) is 0 Å². The van der Waals surface area contributed by atoms with E-state index >= 15 is 0 Å². The molecule has 0 saturated carbocycles. The molecule has 1 aromatic carbocycles. The van der Waals surface area contributed by atoms with Gasteiger partial charge in [0.1, 0.15) is 0 Å². The maximum Gasteiger partial charge on any atom is 0.319 e. The van der Waals surface area contributed by atoms with Gasteiger partial charge in [-0.1, -0.05) is 6.92 Å². The molecule has 0 radical (unpaired) electrons. The van der Waals surface area contributed by atoms with E-state index in [1.807, 2.05) is 32.9 Å². The van der Waals surface area contributed by atoms with E-state index in [9.17, 15) is 9.59 Å². The molecule has 0 bridgehead atoms. The highest BCUT2D eigenvalue weighted by Crippen LogP contribution is 2.18. The van der Waals surface area contributed by atoms with Gasteiger partial charge >= 0.3 is 6.03 Å². The number of pyridine rings is 1. The molecule has 3 amide bonds. The van der Waals surface area contributed by atoms with Crippen LogP contribution in [0.5, 0.6) is 0 Å². The summed E-state index contributed by atoms with van der Waals surface area (Å²) in [6, 6.07) is 8.62. The number of hydrogen-bond donors (Lipinski definition) is 3. The van der Waals surface area contributed by atoms with Crippen molar-refractivity contribution in [2.45, 2.75) is 33.2 Å². The fraction of sp³-hybridized carbons (Fsp3) is 0.316. The summed E-state index contributed by atoms with van der Waals surface area (Å²) in [7, 11) is 0. The van der Waals surface area contributed by atoms with Gasteiger partial charge in [-0.25, -0.2) is 4.79 Å². The minimum atomic E-state index is -0.280. The SMILES string of the molecule is CCNC(=O)c1ccc(NC(=O)N[C@H](CC)c2ccncc2)c(C)c1. The van der Waals surface area contributed by atoms with E-state index in [-0.39, 0.29) is 18.0 Å². The minimum absolute atomic E-state index is 0.0853. The lowest BCUT2D eigenvalue weighted by Gasteiger charge is -2.18. The Morgan fingerprint density at radius 3 is 2.44 bits per heavy atom. The zero-order chi connectivity index (χ0) is 18.2. The second-order valence-corrected chi connectivity index (χ2v) is 5.73. The summed E-state index contributed by atoms with van der Waals surface area (Å²) in [5, 5.41) is 8.56. The maximum absolute atomic E-state index is 12.3. The lowest BCUT2D eigenvalue weighted by molar-refractivity contribution is 0.0955. The van der Waals surface area contributed by atoms with E-state index in [4.69, 9.17) is 0 Å². The summed E-state index contributed by atoms with van der Waals surface area (Å²) >= 11 is 0. The topological polar surface area (TPSA) is 83.1 Å². The van der Waals surface area contributed by atoms with Crippen LogP contribution in [0.25, 0.3) is 0 Å². The molecule has 0 aliphatic carbocycles. The number of carbonyl (C=O) groups excluding carboxylic acids is 2. The average molecular weight is 340 g/mol. The first-order valence-electron chi connectivity index (χ1n) is 8.41. The van der Waals surface area contributed by atoms with Crippen molar-refractivity contribution < 1.29 is 9.59 Å². The Kier molecular flexibility index (Phi) is 6.51. The Hall–Kier alpha value is -2.89. The molecule has 0 aliphatic rings. The predicted octanol–water partition coefficient (Wildman–Crippen LogP) is 3.41. The molecule has 0 spiro atoms. The van der Waals surface area contributed by atoms with Crippen molar-refractivity contribution in [1.82, 2.24) is 15.6 Å². The van der Waals surface area contributed by atoms with Gasteiger partial charge in [0.15, 0.2) is 0 Å². The summed E-state index contributed by atoms with van der Waals surface area (Å²) in [5.41, 5.74) is 3.09. The van der Waals surface area contributed by atoms with Crippen LogP contribution in [0.1, 0.15) is 47.8 Å². The highest BCUT2D eigenvalue weighted by atomic mass is 16.2. The molecule has 0 unspecified atom stereocenters. The fourth-order valence-corrected chi connectivity index (χ4v) is 2.54. The van der Waals surface area contributed by atoms with Gasteiger partial charge in [-0.2, -0.15) is 0 Å². The Morgan fingerprint density at radius 1 is 1.12 bits per heavy atom. The van der Waals surface area contributed by atoms with Gasteiger partial charge in [-0.15, -0.1) is 0 Å². The van der Waals surface area contributed by atoms with Gasteiger partial charge in [0.25, 0.3) is 5.91 Å². The van der Waals surface area contributed by atoms with Crippen LogP contribution in [-0.2, 0) is 0 Å². The predicted molar refractivity (Wildman–Crippen MR) is 98.6 cm³/mol. The molecule has 3 N–H and O–H groups in total. The van der Waals surface area contributed by atoms with Gasteiger partial charge < -0.3 is 16.0 Å². The number of amides is 3. The number of aryl methyl sites for hydroxylation is 1. The van der Waals surface area contributed by atoms with Gasteiger partial charge in [-0.05, 0) is 61.7 Å². The van der Waals surface area contributed by atoms with E-state index in [0.29, 0.717) is 17.8 Å². The van der Waals surface area contributed by atoms with Crippen molar-refractivity contribution in [2.75, 3.05) is 11.9 Å². The number of anilines is 1. The third kappa shape index (κ3) is 5.04. The monoisotopic (exact) mass is 340 g/mol. The van der Waals surface area contributed by atoms with E-state index in [1.165, 1.54) is 0 Å². The number of nitrogens with zero attached hydrogens (tertiary/aromatic N) is 1. The van der Waals surface area contributed by atoms with Crippen molar-refractivity contribution in [3.63, 3.8) is 0 Å². The highest BCUT2D eigenvalue weighted by Gasteiger charge is 2.14. The molecule has 0 fully saturated rings. The number of benzene rings is 1. The average Bonchev–Trinajstić information content (AvgIpc) is 2.62. The quantitative estimate of drug-likeness (QED) is 0.753. The molecule has 25 heavy (non-hydrogen) atoms. The zero-order valence-electron chi connectivity index (χ0n) is 14.8. The smallest absolute Gasteiger partial charge is 0.319 e. The number of carbonyl (C=O) groups is 2. The van der Waals surface area contributed by atoms with Crippen LogP contribution in [0.3, 0.4) is 0 Å². The number of rotatable bonds is 6. The third-order valence-electron chi connectivity index (χ3n) is 3.90. The Bertz CT molecular complexity index is 731. The van der Waals surface area contributed by atoms with Crippen LogP contribution in [0.4, 0.5) is 10.5 Å². The lowest BCUT2D eigenvalue weighted by atomic mass is 10.1. The molecule has 1 aromatic heterocycles. The molecule has 6 nitrogen and oxygen atoms in total. The zero-order valence-corrected chi connectivity index (χ0v) is 14.8. The first-order chi connectivity index (χ1) is 12.0. The summed E-state index contributed by atoms with van der Waals surface area (Å²) in [6.07, 6.45) is 4.19. The van der Waals surface area contributed by atoms with Gasteiger partial charge in [-0.3, -0.25) is 9.78 Å². The van der Waals surface area contributed by atoms with Gasteiger partial charge in [0.05, 0.1) is 6.04 Å². The van der Waals surface area contributed by atoms with Crippen LogP contribution in [0.15, 0.2) is 42.7 Å². The number of nitrogens with one attached hydrogen (secondary N) is 3. The highest BCUT2D eigenvalue weighted by molar-refractivity contribution is 5.96. The second kappa shape index (κ2) is 8.82. The Balaban J connectivity index is 2.03. The van der Waals surface area contributed by atoms with Gasteiger partial charge in [0.2, 0.25) is 0 Å². The molecule has 1 atom stereocenters. The molecular formula is C19H24N4O2. The summed E-state index contributed by atoms with van der Waals surface area (Å²) in [4.78, 5) is 28.2. The van der Waals surface area contributed by atoms with Crippen LogP contribution in [0, 0.1) is 6.92 Å². The number of hydrogen-bond acceptors (Lipinski definition) is 3. The van der Waals surface area contributed by atoms with Crippen LogP contribution < -0.4 is 16.0 Å². The Labute approximate surface area is 148 Å². The molecule has 0 saturated heterocycles. The van der Waals surface area contributed by atoms with Crippen LogP contribution in [0.2, 0.25) is 0 Å². The Morgan fingerprint density at radius 2 is 1.84 bits per heavy atom. The summed E-state index contributed by atoms with van der Waals surface area (Å²) in [5.74, 6) is -0.120. The fourth-order valence-electron chi connectivity index (χ4n) is 2.54. The van der Waals surface area contributed by atoms with Crippen molar-refractivity contribution in [3.8, 4) is 0 Å². The largest absolute Gasteiger partial charge is 0.352 e. The van der Waals surface area contributed by atoms with Crippen LogP contribution >= 0.6 is 0 Å². The van der Waals surface area contributed by atoms with Crippen LogP contribution in [-0.4, -0.2) is 23.5 Å². The maximum atomic E-state index is 12.3. The third-order valence-corrected chi connectivity index (χ3v) is 3.90. The van der Waals surface area contributed by atoms with Crippen molar-refractivity contribution in [3.05, 3.63) is 59.4 Å². The summed E-state index contributed by atoms with van der Waals surface area (Å²) < 4.78 is 0. The van der Waals surface area contributed by atoms with E-state index in [1.54, 1.807) is 30.6 Å². The van der Waals surface area contributed by atoms with Crippen molar-refractivity contribution in [1.29, 1.82) is 0 Å². The molecule has 6 heteroatoms. The molecule has 0 aliphatic heterocycles. The molecular weight excluding hydrogens is 316 g/mol. The number of urea groups is 1. The standard InChI is InChI=1S/C19H24N4O2/c1-4-16(14-8-10-20-11-9-14)22-19(25)23-17-7-6-15(12-13(17)3)18(24)21-5-2/h6-12,16H,4-5H2,1-3H3,(H,21,24)(H2,22,23,25)/t16-/m1/s1. The normalized spacial score (nSPS) is 11.5. The molecule has 2 rings (SSSR count). The van der Waals surface area contributed by atoms with E-state index < -0.39 is 0 Å². The number of aromatic nitrogens is 1. The minimum Gasteiger partial charge on any atom is -0.352 e. The molecule has 1 heterocycles. The summed E-state index contributed by atoms with van der Waals surface area (Å²) in [6.45, 7) is 6.32. The van der Waals surface area contributed by atoms with Crippen molar-refractivity contribution >= 4 is 17.6 Å². The first kappa shape index (κ1) is 18.4. The second-order valence-electron chi connectivity index (χ2n) is 5.73. The van der Waals surface area contributed by atoms with E-state index in [0.717, 1.165) is 17.5 Å².